The summed E-state index contributed by atoms with van der Waals surface area (Å²) >= 11 is 0. The molecule has 120 valence electrons. The van der Waals surface area contributed by atoms with E-state index in [1.54, 1.807) is 0 Å². The lowest BCUT2D eigenvalue weighted by Gasteiger charge is -2.20. The summed E-state index contributed by atoms with van der Waals surface area (Å²) in [6.07, 6.45) is 9.52. The van der Waals surface area contributed by atoms with Crippen LogP contribution in [0.3, 0.4) is 0 Å². The molecule has 0 radical (unpaired) electrons. The van der Waals surface area contributed by atoms with E-state index in [1.807, 2.05) is 6.92 Å². The van der Waals surface area contributed by atoms with Crippen molar-refractivity contribution in [2.75, 3.05) is 13.2 Å². The summed E-state index contributed by atoms with van der Waals surface area (Å²) in [5, 5.41) is 3.10. The standard InChI is InChI=1S/C17H29NO3/c1-2-21-16(19)7-5-3-4-6-10-18-17(20)15-12-13-8-9-14(15)11-13/h13-15H,2-12H2,1H3,(H,18,20). The van der Waals surface area contributed by atoms with E-state index in [-0.39, 0.29) is 11.9 Å². The second-order valence-electron chi connectivity index (χ2n) is 6.54. The number of amides is 1. The van der Waals surface area contributed by atoms with Crippen molar-refractivity contribution < 1.29 is 14.3 Å². The van der Waals surface area contributed by atoms with Gasteiger partial charge in [0.25, 0.3) is 0 Å². The molecule has 0 aliphatic heterocycles. The number of fused-ring (bicyclic) bond motifs is 2. The maximum absolute atomic E-state index is 12.1. The Morgan fingerprint density at radius 3 is 2.57 bits per heavy atom. The van der Waals surface area contributed by atoms with Crippen molar-refractivity contribution in [2.24, 2.45) is 17.8 Å². The molecule has 2 rings (SSSR count). The number of hydrogen-bond acceptors (Lipinski definition) is 3. The van der Waals surface area contributed by atoms with Crippen LogP contribution in [0.4, 0.5) is 0 Å². The third-order valence-electron chi connectivity index (χ3n) is 4.99. The summed E-state index contributed by atoms with van der Waals surface area (Å²) < 4.78 is 4.89. The summed E-state index contributed by atoms with van der Waals surface area (Å²) in [6.45, 7) is 3.08. The molecule has 2 saturated carbocycles. The van der Waals surface area contributed by atoms with E-state index >= 15 is 0 Å². The fraction of sp³-hybridized carbons (Fsp3) is 0.882. The van der Waals surface area contributed by atoms with Crippen molar-refractivity contribution in [1.82, 2.24) is 5.32 Å². The monoisotopic (exact) mass is 295 g/mol. The molecule has 3 atom stereocenters. The predicted octanol–water partition coefficient (Wildman–Crippen LogP) is 3.05. The van der Waals surface area contributed by atoms with Crippen LogP contribution in [-0.2, 0) is 14.3 Å². The van der Waals surface area contributed by atoms with Gasteiger partial charge in [0.2, 0.25) is 5.91 Å². The molecule has 2 aliphatic carbocycles. The van der Waals surface area contributed by atoms with Gasteiger partial charge in [0, 0.05) is 18.9 Å². The molecule has 3 unspecified atom stereocenters. The van der Waals surface area contributed by atoms with Crippen LogP contribution >= 0.6 is 0 Å². The first kappa shape index (κ1) is 16.3. The highest BCUT2D eigenvalue weighted by Gasteiger charge is 2.42. The molecular weight excluding hydrogens is 266 g/mol. The average molecular weight is 295 g/mol. The Bertz CT molecular complexity index is 356. The number of carbonyl (C=O) groups excluding carboxylic acids is 2. The van der Waals surface area contributed by atoms with Gasteiger partial charge in [-0.3, -0.25) is 9.59 Å². The molecule has 4 nitrogen and oxygen atoms in total. The van der Waals surface area contributed by atoms with Gasteiger partial charge in [-0.2, -0.15) is 0 Å². The normalized spacial score (nSPS) is 26.8. The molecule has 2 aliphatic rings. The quantitative estimate of drug-likeness (QED) is 0.525. The lowest BCUT2D eigenvalue weighted by atomic mass is 9.88. The van der Waals surface area contributed by atoms with Crippen molar-refractivity contribution in [1.29, 1.82) is 0 Å². The van der Waals surface area contributed by atoms with Gasteiger partial charge in [-0.25, -0.2) is 0 Å². The number of ether oxygens (including phenoxy) is 1. The van der Waals surface area contributed by atoms with Crippen molar-refractivity contribution in [3.8, 4) is 0 Å². The predicted molar refractivity (Wildman–Crippen MR) is 81.7 cm³/mol. The van der Waals surface area contributed by atoms with E-state index in [2.05, 4.69) is 5.32 Å². The molecule has 0 spiro atoms. The number of carbonyl (C=O) groups is 2. The summed E-state index contributed by atoms with van der Waals surface area (Å²) in [6, 6.07) is 0. The van der Waals surface area contributed by atoms with Gasteiger partial charge in [-0.1, -0.05) is 19.3 Å². The number of hydrogen-bond donors (Lipinski definition) is 1. The molecule has 0 aromatic rings. The maximum Gasteiger partial charge on any atom is 0.305 e. The second-order valence-corrected chi connectivity index (χ2v) is 6.54. The largest absolute Gasteiger partial charge is 0.466 e. The molecule has 1 N–H and O–H groups in total. The first-order chi connectivity index (χ1) is 10.2. The minimum Gasteiger partial charge on any atom is -0.466 e. The Kier molecular flexibility index (Phi) is 6.52. The lowest BCUT2D eigenvalue weighted by Crippen LogP contribution is -2.34. The minimum absolute atomic E-state index is 0.0953. The van der Waals surface area contributed by atoms with E-state index in [9.17, 15) is 9.59 Å². The molecule has 4 heteroatoms. The van der Waals surface area contributed by atoms with Crippen LogP contribution in [-0.4, -0.2) is 25.0 Å². The van der Waals surface area contributed by atoms with E-state index in [0.29, 0.717) is 24.9 Å². The minimum atomic E-state index is -0.0953. The first-order valence-electron chi connectivity index (χ1n) is 8.64. The van der Waals surface area contributed by atoms with Gasteiger partial charge in [-0.05, 0) is 50.9 Å². The summed E-state index contributed by atoms with van der Waals surface area (Å²) in [5.41, 5.74) is 0. The number of nitrogens with one attached hydrogen (secondary N) is 1. The Hall–Kier alpha value is -1.06. The summed E-state index contributed by atoms with van der Waals surface area (Å²) in [5.74, 6) is 1.98. The highest BCUT2D eigenvalue weighted by Crippen LogP contribution is 2.48. The molecule has 0 aromatic heterocycles. The van der Waals surface area contributed by atoms with E-state index in [0.717, 1.165) is 44.6 Å². The number of esters is 1. The molecule has 0 saturated heterocycles. The Morgan fingerprint density at radius 2 is 1.90 bits per heavy atom. The zero-order chi connectivity index (χ0) is 15.1. The van der Waals surface area contributed by atoms with E-state index in [4.69, 9.17) is 4.74 Å². The molecule has 2 bridgehead atoms. The Morgan fingerprint density at radius 1 is 1.10 bits per heavy atom. The first-order valence-corrected chi connectivity index (χ1v) is 8.64. The SMILES string of the molecule is CCOC(=O)CCCCCCNC(=O)C1CC2CCC1C2. The van der Waals surface area contributed by atoms with Crippen LogP contribution in [0.5, 0.6) is 0 Å². The van der Waals surface area contributed by atoms with Crippen LogP contribution in [0.15, 0.2) is 0 Å². The van der Waals surface area contributed by atoms with Crippen LogP contribution in [0.25, 0.3) is 0 Å². The third-order valence-corrected chi connectivity index (χ3v) is 4.99. The maximum atomic E-state index is 12.1. The fourth-order valence-electron chi connectivity index (χ4n) is 3.89. The second kappa shape index (κ2) is 8.40. The zero-order valence-electron chi connectivity index (χ0n) is 13.2. The van der Waals surface area contributed by atoms with Crippen molar-refractivity contribution in [3.05, 3.63) is 0 Å². The number of rotatable bonds is 9. The van der Waals surface area contributed by atoms with Gasteiger partial charge >= 0.3 is 5.97 Å². The van der Waals surface area contributed by atoms with Gasteiger partial charge in [0.1, 0.15) is 0 Å². The third kappa shape index (κ3) is 5.01. The summed E-state index contributed by atoms with van der Waals surface area (Å²) in [7, 11) is 0. The van der Waals surface area contributed by atoms with Crippen molar-refractivity contribution in [2.45, 2.75) is 64.7 Å². The number of unbranched alkanes of at least 4 members (excludes halogenated alkanes) is 3. The lowest BCUT2D eigenvalue weighted by molar-refractivity contribution is -0.143. The Labute approximate surface area is 128 Å². The van der Waals surface area contributed by atoms with Crippen LogP contribution in [0.1, 0.15) is 64.7 Å². The van der Waals surface area contributed by atoms with Gasteiger partial charge in [-0.15, -0.1) is 0 Å². The molecule has 2 fully saturated rings. The smallest absolute Gasteiger partial charge is 0.305 e. The van der Waals surface area contributed by atoms with Crippen molar-refractivity contribution >= 4 is 11.9 Å². The fourth-order valence-corrected chi connectivity index (χ4v) is 3.89. The average Bonchev–Trinajstić information content (AvgIpc) is 3.09. The molecular formula is C17H29NO3. The molecule has 21 heavy (non-hydrogen) atoms. The van der Waals surface area contributed by atoms with Gasteiger partial charge < -0.3 is 10.1 Å². The van der Waals surface area contributed by atoms with Crippen molar-refractivity contribution in [3.63, 3.8) is 0 Å². The van der Waals surface area contributed by atoms with E-state index in [1.165, 1.54) is 19.3 Å². The van der Waals surface area contributed by atoms with Crippen LogP contribution < -0.4 is 5.32 Å². The van der Waals surface area contributed by atoms with Crippen LogP contribution in [0.2, 0.25) is 0 Å². The summed E-state index contributed by atoms with van der Waals surface area (Å²) in [4.78, 5) is 23.3. The van der Waals surface area contributed by atoms with E-state index < -0.39 is 0 Å². The molecule has 0 heterocycles. The molecule has 1 amide bonds. The van der Waals surface area contributed by atoms with Gasteiger partial charge in [0.15, 0.2) is 0 Å². The zero-order valence-corrected chi connectivity index (χ0v) is 13.2. The highest BCUT2D eigenvalue weighted by atomic mass is 16.5. The Balaban J connectivity index is 1.45. The topological polar surface area (TPSA) is 55.4 Å². The molecule has 0 aromatic carbocycles. The highest BCUT2D eigenvalue weighted by molar-refractivity contribution is 5.79. The van der Waals surface area contributed by atoms with Crippen LogP contribution in [0, 0.1) is 17.8 Å². The van der Waals surface area contributed by atoms with Gasteiger partial charge in [0.05, 0.1) is 6.61 Å².